The van der Waals surface area contributed by atoms with Gasteiger partial charge >= 0.3 is 0 Å². The Morgan fingerprint density at radius 2 is 2.19 bits per heavy atom. The molecule has 2 saturated heterocycles. The second-order valence-corrected chi connectivity index (χ2v) is 7.15. The van der Waals surface area contributed by atoms with Crippen molar-refractivity contribution in [3.05, 3.63) is 40.4 Å². The minimum atomic E-state index is -0.510. The van der Waals surface area contributed by atoms with Crippen molar-refractivity contribution in [3.8, 4) is 0 Å². The summed E-state index contributed by atoms with van der Waals surface area (Å²) in [6.45, 7) is 5.52. The molecule has 148 valence electrons. The molecule has 0 radical (unpaired) electrons. The Hall–Kier alpha value is -1.47. The Labute approximate surface area is 163 Å². The maximum Gasteiger partial charge on any atom is 0.234 e. The number of amides is 1. The van der Waals surface area contributed by atoms with Crippen molar-refractivity contribution in [1.29, 1.82) is 0 Å². The predicted molar refractivity (Wildman–Crippen MR) is 101 cm³/mol. The molecule has 0 aromatic rings. The molecule has 2 fully saturated rings. The number of ether oxygens (including phenoxy) is 2. The van der Waals surface area contributed by atoms with Crippen LogP contribution >= 0.6 is 11.6 Å². The van der Waals surface area contributed by atoms with Crippen LogP contribution in [0.1, 0.15) is 0 Å². The quantitative estimate of drug-likeness (QED) is 0.680. The van der Waals surface area contributed by atoms with Crippen LogP contribution in [0.25, 0.3) is 0 Å². The molecule has 1 amide bonds. The molecule has 2 atom stereocenters. The Morgan fingerprint density at radius 3 is 3.00 bits per heavy atom. The van der Waals surface area contributed by atoms with Gasteiger partial charge in [0.2, 0.25) is 5.91 Å². The fourth-order valence-corrected chi connectivity index (χ4v) is 3.42. The van der Waals surface area contributed by atoms with Crippen molar-refractivity contribution >= 4 is 17.5 Å². The van der Waals surface area contributed by atoms with E-state index in [-0.39, 0.29) is 23.0 Å². The molecule has 3 rings (SSSR count). The van der Waals surface area contributed by atoms with Crippen LogP contribution in [-0.4, -0.2) is 76.0 Å². The van der Waals surface area contributed by atoms with Crippen LogP contribution in [-0.2, 0) is 14.3 Å². The summed E-state index contributed by atoms with van der Waals surface area (Å²) >= 11 is 5.84. The van der Waals surface area contributed by atoms with E-state index < -0.39 is 5.83 Å². The average Bonchev–Trinajstić information content (AvgIpc) is 2.99. The van der Waals surface area contributed by atoms with E-state index in [0.29, 0.717) is 51.6 Å². The molecule has 0 bridgehead atoms. The monoisotopic (exact) mass is 397 g/mol. The first-order chi connectivity index (χ1) is 13.1. The van der Waals surface area contributed by atoms with Gasteiger partial charge in [-0.25, -0.2) is 4.39 Å². The summed E-state index contributed by atoms with van der Waals surface area (Å²) in [5.74, 6) is -0.571. The number of morpholine rings is 1. The number of rotatable bonds is 5. The van der Waals surface area contributed by atoms with Gasteiger partial charge in [0.15, 0.2) is 0 Å². The highest BCUT2D eigenvalue weighted by atomic mass is 35.5. The van der Waals surface area contributed by atoms with Gasteiger partial charge in [-0.3, -0.25) is 9.69 Å². The number of hydrogen-bond acceptors (Lipinski definition) is 5. The lowest BCUT2D eigenvalue weighted by Gasteiger charge is -2.28. The molecule has 2 heterocycles. The van der Waals surface area contributed by atoms with Crippen LogP contribution < -0.4 is 10.6 Å². The van der Waals surface area contributed by atoms with Gasteiger partial charge in [-0.1, -0.05) is 11.6 Å². The Morgan fingerprint density at radius 1 is 1.37 bits per heavy atom. The Bertz CT molecular complexity index is 667. The van der Waals surface area contributed by atoms with Gasteiger partial charge in [-0.15, -0.1) is 5.73 Å². The number of carbonyl (C=O) groups excluding carboxylic acids is 1. The largest absolute Gasteiger partial charge is 0.379 e. The Kier molecular flexibility index (Phi) is 7.64. The predicted octanol–water partition coefficient (Wildman–Crippen LogP) is 1.11. The summed E-state index contributed by atoms with van der Waals surface area (Å²) in [6, 6.07) is 0. The molecule has 2 aliphatic heterocycles. The Balaban J connectivity index is 1.62. The van der Waals surface area contributed by atoms with Crippen molar-refractivity contribution in [1.82, 2.24) is 15.5 Å². The summed E-state index contributed by atoms with van der Waals surface area (Å²) in [5.41, 5.74) is 3.54. The topological polar surface area (TPSA) is 62.8 Å². The number of nitrogens with zero attached hydrogens (tertiary/aromatic N) is 1. The standard InChI is InChI=1S/C19H25ClFN3O3/c20-16-3-1-2-14(10-17(16)21)19-15(11-22-4-7-27-19)12-23-18(25)13-24-5-8-26-9-6-24/h2-3,10,15,19,22H,4-9,11-13H2,(H,23,25). The van der Waals surface area contributed by atoms with Crippen molar-refractivity contribution < 1.29 is 18.7 Å². The summed E-state index contributed by atoms with van der Waals surface area (Å²) in [6.07, 6.45) is 4.12. The number of halogens is 2. The molecule has 2 unspecified atom stereocenters. The van der Waals surface area contributed by atoms with Gasteiger partial charge in [-0.2, -0.15) is 0 Å². The third-order valence-corrected chi connectivity index (χ3v) is 5.04. The van der Waals surface area contributed by atoms with Gasteiger partial charge in [0.1, 0.15) is 5.83 Å². The van der Waals surface area contributed by atoms with Crippen LogP contribution in [0.15, 0.2) is 40.4 Å². The number of allylic oxidation sites excluding steroid dienone is 3. The van der Waals surface area contributed by atoms with E-state index in [1.165, 1.54) is 12.2 Å². The van der Waals surface area contributed by atoms with E-state index in [4.69, 9.17) is 21.1 Å². The van der Waals surface area contributed by atoms with Gasteiger partial charge in [-0.05, 0) is 17.7 Å². The van der Waals surface area contributed by atoms with Crippen LogP contribution in [0.5, 0.6) is 0 Å². The molecule has 3 aliphatic rings. The molecule has 27 heavy (non-hydrogen) atoms. The molecule has 0 aromatic carbocycles. The minimum Gasteiger partial charge on any atom is -0.379 e. The molecular weight excluding hydrogens is 373 g/mol. The van der Waals surface area contributed by atoms with Crippen molar-refractivity contribution in [3.63, 3.8) is 0 Å². The van der Waals surface area contributed by atoms with Crippen LogP contribution in [0.4, 0.5) is 4.39 Å². The lowest BCUT2D eigenvalue weighted by atomic mass is 9.94. The fourth-order valence-electron chi connectivity index (χ4n) is 3.30. The SMILES string of the molecule is O=C(CN1CCOCC1)NCC1CNCCOC1C1=CC(F)=C(Cl)C=C=C1. The highest BCUT2D eigenvalue weighted by molar-refractivity contribution is 6.31. The number of hydrogen-bond donors (Lipinski definition) is 2. The van der Waals surface area contributed by atoms with Gasteiger partial charge in [0.25, 0.3) is 0 Å². The number of carbonyl (C=O) groups is 1. The maximum absolute atomic E-state index is 14.1. The van der Waals surface area contributed by atoms with Crippen molar-refractivity contribution in [2.45, 2.75) is 6.10 Å². The summed E-state index contributed by atoms with van der Waals surface area (Å²) < 4.78 is 25.3. The van der Waals surface area contributed by atoms with E-state index in [9.17, 15) is 9.18 Å². The second-order valence-electron chi connectivity index (χ2n) is 6.74. The van der Waals surface area contributed by atoms with Crippen LogP contribution in [0, 0.1) is 5.92 Å². The molecule has 0 aromatic heterocycles. The summed E-state index contributed by atoms with van der Waals surface area (Å²) in [4.78, 5) is 14.4. The summed E-state index contributed by atoms with van der Waals surface area (Å²) in [7, 11) is 0. The van der Waals surface area contributed by atoms with E-state index in [1.54, 1.807) is 6.08 Å². The molecule has 6 nitrogen and oxygen atoms in total. The van der Waals surface area contributed by atoms with Gasteiger partial charge in [0.05, 0.1) is 37.5 Å². The first kappa shape index (κ1) is 20.3. The molecule has 2 N–H and O–H groups in total. The zero-order valence-corrected chi connectivity index (χ0v) is 15.9. The average molecular weight is 398 g/mol. The lowest BCUT2D eigenvalue weighted by molar-refractivity contribution is -0.123. The van der Waals surface area contributed by atoms with E-state index in [2.05, 4.69) is 21.3 Å². The van der Waals surface area contributed by atoms with Crippen molar-refractivity contribution in [2.24, 2.45) is 5.92 Å². The zero-order chi connectivity index (χ0) is 19.1. The highest BCUT2D eigenvalue weighted by Crippen LogP contribution is 2.25. The van der Waals surface area contributed by atoms with Crippen LogP contribution in [0.2, 0.25) is 0 Å². The van der Waals surface area contributed by atoms with Gasteiger partial charge < -0.3 is 20.1 Å². The number of nitrogens with one attached hydrogen (secondary N) is 2. The van der Waals surface area contributed by atoms with E-state index in [0.717, 1.165) is 13.1 Å². The maximum atomic E-state index is 14.1. The van der Waals surface area contributed by atoms with Gasteiger partial charge in [0, 0.05) is 44.7 Å². The minimum absolute atomic E-state index is 0.0170. The third-order valence-electron chi connectivity index (χ3n) is 4.75. The first-order valence-electron chi connectivity index (χ1n) is 9.22. The lowest BCUT2D eigenvalue weighted by Crippen LogP contribution is -2.46. The molecule has 0 saturated carbocycles. The molecule has 1 aliphatic carbocycles. The zero-order valence-electron chi connectivity index (χ0n) is 15.2. The smallest absolute Gasteiger partial charge is 0.234 e. The second kappa shape index (κ2) is 10.2. The summed E-state index contributed by atoms with van der Waals surface area (Å²) in [5, 5.41) is 6.31. The molecule has 0 spiro atoms. The normalized spacial score (nSPS) is 27.1. The van der Waals surface area contributed by atoms with E-state index >= 15 is 0 Å². The van der Waals surface area contributed by atoms with Crippen LogP contribution in [0.3, 0.4) is 0 Å². The third kappa shape index (κ3) is 6.01. The van der Waals surface area contributed by atoms with Crippen molar-refractivity contribution in [2.75, 3.05) is 59.1 Å². The first-order valence-corrected chi connectivity index (χ1v) is 9.60. The van der Waals surface area contributed by atoms with E-state index in [1.807, 2.05) is 0 Å². The molecule has 8 heteroatoms. The fraction of sp³-hybridized carbons (Fsp3) is 0.579. The molecular formula is C19H25ClFN3O3. The highest BCUT2D eigenvalue weighted by Gasteiger charge is 2.28.